The minimum absolute atomic E-state index is 0.620. The number of aryl methyl sites for hydroxylation is 2. The molecule has 0 spiro atoms. The molecule has 0 N–H and O–H groups in total. The molecule has 0 unspecified atom stereocenters. The number of oxazole rings is 1. The van der Waals surface area contributed by atoms with Crippen LogP contribution in [0.15, 0.2) is 250 Å². The van der Waals surface area contributed by atoms with Crippen molar-refractivity contribution in [3.05, 3.63) is 274 Å². The Balaban J connectivity index is 0.0000000830. The summed E-state index contributed by atoms with van der Waals surface area (Å²) >= 11 is 1.78. The maximum Gasteiger partial charge on any atom is 0.370 e. The van der Waals surface area contributed by atoms with Gasteiger partial charge in [-0.2, -0.15) is 22.0 Å². The van der Waals surface area contributed by atoms with Crippen LogP contribution in [0.25, 0.3) is 145 Å². The largest absolute Gasteiger partial charge is 0.413 e. The second-order valence-corrected chi connectivity index (χ2v) is 27.0. The van der Waals surface area contributed by atoms with Crippen LogP contribution in [-0.4, -0.2) is 85.5 Å². The summed E-state index contributed by atoms with van der Waals surface area (Å²) in [4.78, 5) is 45.0. The fourth-order valence-electron chi connectivity index (χ4n) is 15.9. The Kier molecular flexibility index (Phi) is 11.5. The van der Waals surface area contributed by atoms with Crippen LogP contribution >= 0.6 is 11.3 Å². The molecule has 490 valence electrons. The molecule has 5 aliphatic heterocycles. The molecule has 20 aromatic heterocycles. The monoisotopic (exact) mass is 1370 g/mol. The first-order valence-electron chi connectivity index (χ1n) is 35.1. The maximum atomic E-state index is 7.95. The summed E-state index contributed by atoms with van der Waals surface area (Å²) in [6.07, 6.45) is 37.8. The lowest BCUT2D eigenvalue weighted by atomic mass is 10.2. The molecule has 21 aromatic rings. The lowest BCUT2D eigenvalue weighted by molar-refractivity contribution is -0.671. The van der Waals surface area contributed by atoms with Crippen LogP contribution in [-0.2, 0) is 46.7 Å². The van der Waals surface area contributed by atoms with Crippen LogP contribution < -0.4 is 22.8 Å². The smallest absolute Gasteiger partial charge is 0.370 e. The van der Waals surface area contributed by atoms with E-state index in [1.165, 1.54) is 64.4 Å². The molecule has 103 heavy (non-hydrogen) atoms. The maximum absolute atomic E-state index is 7.95. The van der Waals surface area contributed by atoms with Gasteiger partial charge in [0.1, 0.15) is 77.4 Å². The molecule has 26 rings (SSSR count). The lowest BCUT2D eigenvalue weighted by Gasteiger charge is -2.04. The average molecular weight is 1370 g/mol. The van der Waals surface area contributed by atoms with Crippen molar-refractivity contribution in [2.24, 2.45) is 14.0 Å². The molecule has 0 fully saturated rings. The highest BCUT2D eigenvalue weighted by Gasteiger charge is 2.39. The van der Waals surface area contributed by atoms with E-state index >= 15 is 0 Å². The van der Waals surface area contributed by atoms with E-state index < -0.39 is 6.98 Å². The second kappa shape index (κ2) is 21.8. The normalized spacial score (nSPS) is 13.5. The molecule has 0 saturated carbocycles. The molecule has 0 radical (unpaired) electrons. The zero-order valence-corrected chi connectivity index (χ0v) is 55.5. The predicted molar refractivity (Wildman–Crippen MR) is 384 cm³/mol. The third-order valence-electron chi connectivity index (χ3n) is 20.3. The number of para-hydroxylation sites is 1. The Hall–Kier alpha value is -13.8. The summed E-state index contributed by atoms with van der Waals surface area (Å²) < 4.78 is 58.5. The summed E-state index contributed by atoms with van der Waals surface area (Å²) in [5.74, 6) is 0.626. The number of hydrogen-bond acceptors (Lipinski definition) is 12. The minimum Gasteiger partial charge on any atom is -0.413 e. The summed E-state index contributed by atoms with van der Waals surface area (Å²) in [6.45, 7) is 1.87. The zero-order valence-electron chi connectivity index (χ0n) is 57.7. The van der Waals surface area contributed by atoms with E-state index in [2.05, 4.69) is 194 Å². The van der Waals surface area contributed by atoms with Gasteiger partial charge in [0.25, 0.3) is 36.6 Å². The molecule has 0 bridgehead atoms. The van der Waals surface area contributed by atoms with Gasteiger partial charge in [-0.1, -0.05) is 59.9 Å². The molecular weight excluding hydrogens is 1310 g/mol. The molecule has 0 amide bonds. The SMILES string of the molecule is Cn1c2cnccc2n2c[n+]3c(c12)-c1ncccc1C3.[2H]C([2H])([2H])[n+]1c2ccncc2n2cc3n(c21)Cc1cccnc1-3.c1ccc(-n2c3cnccc3n3c[n+]4c(c23)-c2ncccc2C4)cc1.c1cnc2c(c1)C[n+]1cn3c(oc4cnccc43)c1-2.c1cnc2c(c1)C[n+]1cn3c(sc4cnccc43)c1-2. The van der Waals surface area contributed by atoms with Gasteiger partial charge in [0.2, 0.25) is 27.6 Å². The highest BCUT2D eigenvalue weighted by molar-refractivity contribution is 7.24. The van der Waals surface area contributed by atoms with E-state index in [0.717, 1.165) is 128 Å². The number of fused-ring (bicyclic) bond motifs is 35. The van der Waals surface area contributed by atoms with Gasteiger partial charge in [0.05, 0.1) is 47.1 Å². The number of pyridine rings is 10. The summed E-state index contributed by atoms with van der Waals surface area (Å²) in [7, 11) is 2.08. The van der Waals surface area contributed by atoms with Crippen molar-refractivity contribution in [2.75, 3.05) is 0 Å². The summed E-state index contributed by atoms with van der Waals surface area (Å²) in [6, 6.07) is 40.8. The predicted octanol–water partition coefficient (Wildman–Crippen LogP) is 10.1. The Bertz CT molecular complexity index is 7090. The van der Waals surface area contributed by atoms with Crippen molar-refractivity contribution in [1.82, 2.24) is 85.5 Å². The Morgan fingerprint density at radius 3 is 1.62 bits per heavy atom. The average Bonchev–Trinajstić information content (AvgIpc) is 1.57. The first-order chi connectivity index (χ1) is 52.1. The molecular formula is C78H56N23OS+5. The van der Waals surface area contributed by atoms with Crippen LogP contribution in [0.2, 0.25) is 0 Å². The fourth-order valence-corrected chi connectivity index (χ4v) is 17.1. The van der Waals surface area contributed by atoms with E-state index in [9.17, 15) is 0 Å². The van der Waals surface area contributed by atoms with Crippen LogP contribution in [0.3, 0.4) is 0 Å². The molecule has 1 aromatic carbocycles. The van der Waals surface area contributed by atoms with Crippen LogP contribution in [0, 0.1) is 0 Å². The van der Waals surface area contributed by atoms with Gasteiger partial charge in [0.15, 0.2) is 38.9 Å². The standard InChI is InChI=1S/C20H14N5.2C15H12N5.C14H9N4O.C14H9N4S/c1-2-6-15(7-3-1)25-17-11-21-10-8-16(17)24-13-23-12-14-5-4-9-22-18(14)19(23)20(24)25;1-18-12-7-16-6-4-11(12)20-9-19-8-10-3-2-5-17-13(10)14(19)15(18)20;1-18-11-4-6-16-7-12(11)20-9-13-14-10(3-2-5-17-14)8-19(13)15(18)20;2*1-2-9-7-17-8-18-10-3-5-15-6-11(10)19-14(18)13(17)12(9)16-4-1/h1-11,13H,12H2;2*2-7,9H,8H2,1H3;2*1-6,8H,7H2/q5*+1/i;;1D3;;. The Morgan fingerprint density at radius 2 is 0.942 bits per heavy atom. The third kappa shape index (κ3) is 8.35. The van der Waals surface area contributed by atoms with E-state index in [4.69, 9.17) is 8.53 Å². The van der Waals surface area contributed by atoms with Gasteiger partial charge >= 0.3 is 11.5 Å². The first-order valence-corrected chi connectivity index (χ1v) is 34.4. The van der Waals surface area contributed by atoms with E-state index in [0.29, 0.717) is 17.8 Å². The van der Waals surface area contributed by atoms with Crippen molar-refractivity contribution in [3.63, 3.8) is 0 Å². The number of nitrogens with zero attached hydrogens (tertiary/aromatic N) is 23. The molecule has 5 aliphatic rings. The third-order valence-corrected chi connectivity index (χ3v) is 21.5. The number of thiazole rings is 1. The van der Waals surface area contributed by atoms with Crippen molar-refractivity contribution >= 4 is 93.4 Å². The first kappa shape index (κ1) is 54.1. The molecule has 25 heteroatoms. The highest BCUT2D eigenvalue weighted by Crippen LogP contribution is 2.39. The van der Waals surface area contributed by atoms with Crippen molar-refractivity contribution in [3.8, 4) is 62.6 Å². The van der Waals surface area contributed by atoms with Gasteiger partial charge in [0, 0.05) is 133 Å². The highest BCUT2D eigenvalue weighted by atomic mass is 32.1. The van der Waals surface area contributed by atoms with Crippen LogP contribution in [0.5, 0.6) is 0 Å². The van der Waals surface area contributed by atoms with Crippen LogP contribution in [0.4, 0.5) is 0 Å². The Morgan fingerprint density at radius 1 is 0.427 bits per heavy atom. The van der Waals surface area contributed by atoms with Crippen molar-refractivity contribution in [2.45, 2.75) is 32.7 Å². The molecule has 25 heterocycles. The summed E-state index contributed by atoms with van der Waals surface area (Å²) in [5, 5.41) is 0. The topological polar surface area (TPSA) is 198 Å². The molecule has 0 atom stereocenters. The number of rotatable bonds is 1. The second-order valence-electron chi connectivity index (χ2n) is 26.0. The zero-order chi connectivity index (χ0) is 70.2. The van der Waals surface area contributed by atoms with Gasteiger partial charge in [-0.05, 0) is 48.5 Å². The van der Waals surface area contributed by atoms with E-state index in [1.54, 1.807) is 48.4 Å². The quantitative estimate of drug-likeness (QED) is 0.142. The number of benzene rings is 1. The van der Waals surface area contributed by atoms with E-state index in [1.807, 2.05) is 126 Å². The number of aromatic nitrogens is 23. The van der Waals surface area contributed by atoms with E-state index in [-0.39, 0.29) is 0 Å². The summed E-state index contributed by atoms with van der Waals surface area (Å²) in [5.41, 5.74) is 30.2. The lowest BCUT2D eigenvalue weighted by Crippen LogP contribution is -2.29. The Labute approximate surface area is 590 Å². The molecule has 24 nitrogen and oxygen atoms in total. The van der Waals surface area contributed by atoms with Gasteiger partial charge in [-0.3, -0.25) is 54.4 Å². The van der Waals surface area contributed by atoms with Gasteiger partial charge in [-0.15, -0.1) is 0 Å². The fraction of sp³-hybridized carbons (Fsp3) is 0.0897. The van der Waals surface area contributed by atoms with Crippen molar-refractivity contribution < 1.29 is 31.4 Å². The van der Waals surface area contributed by atoms with Gasteiger partial charge in [-0.25, -0.2) is 27.4 Å². The van der Waals surface area contributed by atoms with Crippen LogP contribution in [0.1, 0.15) is 31.9 Å². The molecule has 0 saturated heterocycles. The number of imidazole rings is 8. The minimum atomic E-state index is -2.27. The molecule has 0 aliphatic carbocycles. The number of hydrogen-bond donors (Lipinski definition) is 0. The van der Waals surface area contributed by atoms with Crippen molar-refractivity contribution in [1.29, 1.82) is 0 Å². The van der Waals surface area contributed by atoms with Gasteiger partial charge < -0.3 is 8.98 Å².